The summed E-state index contributed by atoms with van der Waals surface area (Å²) in [6, 6.07) is 16.2. The second kappa shape index (κ2) is 11.0. The Morgan fingerprint density at radius 2 is 1.86 bits per heavy atom. The molecule has 1 aliphatic heterocycles. The van der Waals surface area contributed by atoms with Gasteiger partial charge in [0.1, 0.15) is 35.8 Å². The summed E-state index contributed by atoms with van der Waals surface area (Å²) in [5.41, 5.74) is 7.15. The molecule has 4 aromatic rings. The number of nitrogens with zero attached hydrogens (tertiary/aromatic N) is 1. The molecule has 0 bridgehead atoms. The van der Waals surface area contributed by atoms with Crippen molar-refractivity contribution in [3.05, 3.63) is 110 Å². The van der Waals surface area contributed by atoms with Crippen LogP contribution in [0.2, 0.25) is 0 Å². The summed E-state index contributed by atoms with van der Waals surface area (Å²) in [6.45, 7) is 4.65. The van der Waals surface area contributed by atoms with Crippen molar-refractivity contribution < 1.29 is 28.5 Å². The highest BCUT2D eigenvalue weighted by Gasteiger charge is 2.32. The van der Waals surface area contributed by atoms with Gasteiger partial charge in [-0.1, -0.05) is 12.1 Å². The zero-order valence-corrected chi connectivity index (χ0v) is 23.8. The van der Waals surface area contributed by atoms with E-state index in [1.165, 1.54) is 10.6 Å². The minimum absolute atomic E-state index is 0.0113. The van der Waals surface area contributed by atoms with Crippen molar-refractivity contribution in [2.75, 3.05) is 6.61 Å². The largest absolute Gasteiger partial charge is 0.492 e. The van der Waals surface area contributed by atoms with E-state index in [-0.39, 0.29) is 30.3 Å². The van der Waals surface area contributed by atoms with Crippen LogP contribution in [0.4, 0.5) is 4.39 Å². The number of hydrogen-bond acceptors (Lipinski definition) is 5. The third-order valence-electron chi connectivity index (χ3n) is 8.20. The Kier molecular flexibility index (Phi) is 7.22. The van der Waals surface area contributed by atoms with Gasteiger partial charge in [0.15, 0.2) is 0 Å². The lowest BCUT2D eigenvalue weighted by molar-refractivity contribution is -0.137. The van der Waals surface area contributed by atoms with E-state index in [1.54, 1.807) is 25.4 Å². The number of aliphatic carboxylic acids is 1. The molecule has 0 spiro atoms. The number of fused-ring (bicyclic) bond motifs is 2. The Labute approximate surface area is 243 Å². The summed E-state index contributed by atoms with van der Waals surface area (Å²) >= 11 is 0. The van der Waals surface area contributed by atoms with Gasteiger partial charge in [0.25, 0.3) is 5.56 Å². The first-order chi connectivity index (χ1) is 20.2. The van der Waals surface area contributed by atoms with E-state index in [9.17, 15) is 9.59 Å². The van der Waals surface area contributed by atoms with Crippen LogP contribution in [0.5, 0.6) is 17.2 Å². The number of ether oxygens (including phenoxy) is 3. The summed E-state index contributed by atoms with van der Waals surface area (Å²) in [5, 5.41) is 9.17. The van der Waals surface area contributed by atoms with Gasteiger partial charge >= 0.3 is 5.97 Å². The number of halogens is 1. The SMILES string of the molecule is Cc1cc(OCc2ccn(C)c(=O)c2)cc(C)c1-c1ccc(F)c2c1CCC2Oc1ccc2c(c1)OCC2CC(=O)O. The van der Waals surface area contributed by atoms with Crippen LogP contribution in [-0.4, -0.2) is 22.2 Å². The lowest BCUT2D eigenvalue weighted by atomic mass is 9.90. The van der Waals surface area contributed by atoms with Crippen molar-refractivity contribution in [3.63, 3.8) is 0 Å². The third kappa shape index (κ3) is 5.24. The first-order valence-corrected chi connectivity index (χ1v) is 14.0. The normalized spacial score (nSPS) is 17.0. The minimum Gasteiger partial charge on any atom is -0.492 e. The number of benzene rings is 3. The zero-order valence-electron chi connectivity index (χ0n) is 23.8. The van der Waals surface area contributed by atoms with Crippen molar-refractivity contribution in [2.45, 2.75) is 51.7 Å². The van der Waals surface area contributed by atoms with Crippen LogP contribution in [0.15, 0.2) is 65.6 Å². The molecule has 2 unspecified atom stereocenters. The highest BCUT2D eigenvalue weighted by Crippen LogP contribution is 2.45. The molecule has 2 aliphatic rings. The molecule has 3 aromatic carbocycles. The highest BCUT2D eigenvalue weighted by molar-refractivity contribution is 5.76. The molecule has 1 aliphatic carbocycles. The van der Waals surface area contributed by atoms with Gasteiger partial charge in [0, 0.05) is 42.4 Å². The van der Waals surface area contributed by atoms with E-state index in [0.717, 1.165) is 38.9 Å². The first-order valence-electron chi connectivity index (χ1n) is 14.0. The Morgan fingerprint density at radius 1 is 1.07 bits per heavy atom. The minimum atomic E-state index is -0.862. The van der Waals surface area contributed by atoms with Crippen molar-refractivity contribution in [1.82, 2.24) is 4.57 Å². The van der Waals surface area contributed by atoms with Gasteiger partial charge in [-0.3, -0.25) is 9.59 Å². The van der Waals surface area contributed by atoms with Crippen LogP contribution < -0.4 is 19.8 Å². The predicted molar refractivity (Wildman–Crippen MR) is 156 cm³/mol. The van der Waals surface area contributed by atoms with Gasteiger partial charge in [-0.25, -0.2) is 4.39 Å². The van der Waals surface area contributed by atoms with E-state index in [1.807, 2.05) is 50.2 Å². The molecule has 42 heavy (non-hydrogen) atoms. The number of carboxylic acid groups (broad SMARTS) is 1. The van der Waals surface area contributed by atoms with Crippen LogP contribution in [0.3, 0.4) is 0 Å². The van der Waals surface area contributed by atoms with Crippen molar-refractivity contribution in [1.29, 1.82) is 0 Å². The van der Waals surface area contributed by atoms with Gasteiger partial charge < -0.3 is 23.9 Å². The number of carboxylic acids is 1. The lowest BCUT2D eigenvalue weighted by Crippen LogP contribution is -2.15. The molecular formula is C34H32FNO6. The van der Waals surface area contributed by atoms with Crippen LogP contribution >= 0.6 is 0 Å². The molecule has 2 atom stereocenters. The molecule has 6 rings (SSSR count). The monoisotopic (exact) mass is 569 g/mol. The summed E-state index contributed by atoms with van der Waals surface area (Å²) in [7, 11) is 1.71. The molecule has 2 heterocycles. The van der Waals surface area contributed by atoms with E-state index in [2.05, 4.69) is 0 Å². The molecule has 1 aromatic heterocycles. The summed E-state index contributed by atoms with van der Waals surface area (Å²) in [4.78, 5) is 23.1. The summed E-state index contributed by atoms with van der Waals surface area (Å²) in [6.07, 6.45) is 2.60. The smallest absolute Gasteiger partial charge is 0.304 e. The quantitative estimate of drug-likeness (QED) is 0.264. The van der Waals surface area contributed by atoms with E-state index in [0.29, 0.717) is 42.3 Å². The number of rotatable bonds is 8. The number of aromatic nitrogens is 1. The summed E-state index contributed by atoms with van der Waals surface area (Å²) in [5.74, 6) is 0.554. The maximum absolute atomic E-state index is 15.3. The van der Waals surface area contributed by atoms with Gasteiger partial charge in [-0.15, -0.1) is 0 Å². The number of aryl methyl sites for hydroxylation is 3. The molecule has 0 fully saturated rings. The van der Waals surface area contributed by atoms with Gasteiger partial charge in [0.2, 0.25) is 0 Å². The van der Waals surface area contributed by atoms with E-state index in [4.69, 9.17) is 19.3 Å². The second-order valence-electron chi connectivity index (χ2n) is 11.1. The molecule has 0 saturated carbocycles. The third-order valence-corrected chi connectivity index (χ3v) is 8.20. The van der Waals surface area contributed by atoms with Gasteiger partial charge in [-0.05, 0) is 90.4 Å². The first kappa shape index (κ1) is 27.6. The van der Waals surface area contributed by atoms with Crippen LogP contribution in [0.1, 0.15) is 58.2 Å². The second-order valence-corrected chi connectivity index (χ2v) is 11.1. The summed E-state index contributed by atoms with van der Waals surface area (Å²) < 4.78 is 34.9. The number of carbonyl (C=O) groups is 1. The molecule has 216 valence electrons. The van der Waals surface area contributed by atoms with Crippen molar-refractivity contribution in [2.24, 2.45) is 7.05 Å². The van der Waals surface area contributed by atoms with Crippen LogP contribution in [0.25, 0.3) is 11.1 Å². The molecule has 8 heteroatoms. The van der Waals surface area contributed by atoms with E-state index < -0.39 is 12.1 Å². The molecule has 1 N–H and O–H groups in total. The highest BCUT2D eigenvalue weighted by atomic mass is 19.1. The molecule has 7 nitrogen and oxygen atoms in total. The molecule has 0 saturated heterocycles. The fourth-order valence-electron chi connectivity index (χ4n) is 6.18. The predicted octanol–water partition coefficient (Wildman–Crippen LogP) is 6.40. The standard InChI is InChI=1S/C34H32FNO6/c1-19-12-24(40-17-21-10-11-36(3)31(37)14-21)13-20(2)33(19)26-6-8-28(35)34-27(26)7-9-29(34)42-23-4-5-25-22(15-32(38)39)18-41-30(25)16-23/h4-6,8,10-14,16,22,29H,7,9,15,17-18H2,1-3H3,(H,38,39). The molecular weight excluding hydrogens is 537 g/mol. The molecule has 0 amide bonds. The number of hydrogen-bond donors (Lipinski definition) is 1. The zero-order chi connectivity index (χ0) is 29.5. The topological polar surface area (TPSA) is 87.0 Å². The Balaban J connectivity index is 1.24. The van der Waals surface area contributed by atoms with Gasteiger partial charge in [-0.2, -0.15) is 0 Å². The number of pyridine rings is 1. The van der Waals surface area contributed by atoms with E-state index >= 15 is 4.39 Å². The maximum Gasteiger partial charge on any atom is 0.304 e. The van der Waals surface area contributed by atoms with Crippen LogP contribution in [0, 0.1) is 19.7 Å². The fraction of sp³-hybridized carbons (Fsp3) is 0.294. The lowest BCUT2D eigenvalue weighted by Gasteiger charge is -2.19. The Morgan fingerprint density at radius 3 is 2.60 bits per heavy atom. The molecule has 0 radical (unpaired) electrons. The van der Waals surface area contributed by atoms with Crippen molar-refractivity contribution >= 4 is 5.97 Å². The van der Waals surface area contributed by atoms with Crippen molar-refractivity contribution in [3.8, 4) is 28.4 Å². The average molecular weight is 570 g/mol. The Bertz CT molecular complexity index is 1740. The Hall–Kier alpha value is -4.59. The average Bonchev–Trinajstić information content (AvgIpc) is 3.54. The fourth-order valence-corrected chi connectivity index (χ4v) is 6.18. The maximum atomic E-state index is 15.3. The van der Waals surface area contributed by atoms with Crippen LogP contribution in [-0.2, 0) is 24.9 Å². The van der Waals surface area contributed by atoms with Gasteiger partial charge in [0.05, 0.1) is 13.0 Å².